The first-order valence-corrected chi connectivity index (χ1v) is 6.02. The third-order valence-electron chi connectivity index (χ3n) is 2.82. The van der Waals surface area contributed by atoms with Gasteiger partial charge in [-0.15, -0.1) is 11.8 Å². The van der Waals surface area contributed by atoms with Crippen LogP contribution in [0.1, 0.15) is 24.1 Å². The molecule has 1 unspecified atom stereocenters. The molecule has 2 nitrogen and oxygen atoms in total. The third-order valence-corrected chi connectivity index (χ3v) is 4.44. The lowest BCUT2D eigenvalue weighted by molar-refractivity contribution is 0.582. The highest BCUT2D eigenvalue weighted by atomic mass is 32.2. The smallest absolute Gasteiger partial charge is 0.0702 e. The van der Waals surface area contributed by atoms with Crippen LogP contribution in [0.5, 0.6) is 0 Å². The van der Waals surface area contributed by atoms with Crippen molar-refractivity contribution >= 4 is 11.8 Å². The van der Waals surface area contributed by atoms with Crippen LogP contribution in [0.3, 0.4) is 0 Å². The summed E-state index contributed by atoms with van der Waals surface area (Å²) in [6.07, 6.45) is 4.32. The van der Waals surface area contributed by atoms with Crippen molar-refractivity contribution < 1.29 is 0 Å². The largest absolute Gasteiger partial charge is 0.329 e. The minimum absolute atomic E-state index is 0.103. The van der Waals surface area contributed by atoms with Gasteiger partial charge in [0.1, 0.15) is 0 Å². The summed E-state index contributed by atoms with van der Waals surface area (Å²) in [4.78, 5) is 4.46. The predicted molar refractivity (Wildman–Crippen MR) is 61.4 cm³/mol. The molecule has 14 heavy (non-hydrogen) atoms. The Morgan fingerprint density at radius 3 is 3.07 bits per heavy atom. The molecule has 0 aromatic carbocycles. The average molecular weight is 208 g/mol. The fraction of sp³-hybridized carbons (Fsp3) is 0.545. The molecule has 0 amide bonds. The van der Waals surface area contributed by atoms with Crippen LogP contribution in [0.25, 0.3) is 0 Å². The molecule has 76 valence electrons. The zero-order chi connectivity index (χ0) is 10.0. The number of thioether (sulfide) groups is 1. The summed E-state index contributed by atoms with van der Waals surface area (Å²) in [5.74, 6) is 1.22. The Bertz CT molecular complexity index is 319. The van der Waals surface area contributed by atoms with E-state index in [2.05, 4.69) is 18.0 Å². The normalized spacial score (nSPS) is 26.7. The zero-order valence-corrected chi connectivity index (χ0v) is 9.31. The van der Waals surface area contributed by atoms with E-state index in [1.807, 2.05) is 24.0 Å². The van der Waals surface area contributed by atoms with E-state index in [0.29, 0.717) is 6.54 Å². The molecule has 0 radical (unpaired) electrons. The molecule has 0 saturated carbocycles. The van der Waals surface area contributed by atoms with Gasteiger partial charge < -0.3 is 5.73 Å². The monoisotopic (exact) mass is 208 g/mol. The number of pyridine rings is 1. The Hall–Kier alpha value is -0.540. The van der Waals surface area contributed by atoms with Crippen molar-refractivity contribution in [3.8, 4) is 0 Å². The Labute approximate surface area is 89.3 Å². The quantitative estimate of drug-likeness (QED) is 0.808. The van der Waals surface area contributed by atoms with Crippen LogP contribution in [0, 0.1) is 6.92 Å². The van der Waals surface area contributed by atoms with Crippen molar-refractivity contribution in [3.05, 3.63) is 29.6 Å². The van der Waals surface area contributed by atoms with Gasteiger partial charge in [0.05, 0.1) is 10.4 Å². The molecule has 1 aromatic heterocycles. The van der Waals surface area contributed by atoms with E-state index in [4.69, 9.17) is 5.73 Å². The van der Waals surface area contributed by atoms with Crippen molar-refractivity contribution in [2.24, 2.45) is 5.73 Å². The molecule has 1 atom stereocenters. The van der Waals surface area contributed by atoms with Gasteiger partial charge in [0, 0.05) is 12.7 Å². The van der Waals surface area contributed by atoms with Gasteiger partial charge >= 0.3 is 0 Å². The molecule has 2 rings (SSSR count). The first kappa shape index (κ1) is 9.99. The van der Waals surface area contributed by atoms with E-state index in [1.54, 1.807) is 0 Å². The molecule has 1 aliphatic rings. The van der Waals surface area contributed by atoms with Crippen LogP contribution in [-0.4, -0.2) is 17.3 Å². The Kier molecular flexibility index (Phi) is 2.79. The van der Waals surface area contributed by atoms with Gasteiger partial charge in [0.15, 0.2) is 0 Å². The molecule has 0 aliphatic carbocycles. The van der Waals surface area contributed by atoms with Crippen LogP contribution < -0.4 is 5.73 Å². The Balaban J connectivity index is 2.35. The lowest BCUT2D eigenvalue weighted by Crippen LogP contribution is -2.30. The fourth-order valence-corrected chi connectivity index (χ4v) is 3.30. The van der Waals surface area contributed by atoms with E-state index < -0.39 is 0 Å². The van der Waals surface area contributed by atoms with Gasteiger partial charge in [-0.1, -0.05) is 0 Å². The zero-order valence-electron chi connectivity index (χ0n) is 8.49. The first-order chi connectivity index (χ1) is 6.77. The number of rotatable bonds is 2. The summed E-state index contributed by atoms with van der Waals surface area (Å²) in [7, 11) is 0. The fourth-order valence-electron chi connectivity index (χ4n) is 1.95. The number of nitrogens with zero attached hydrogens (tertiary/aromatic N) is 1. The molecule has 2 heterocycles. The molecule has 2 N–H and O–H groups in total. The summed E-state index contributed by atoms with van der Waals surface area (Å²) in [5.41, 5.74) is 8.33. The number of aryl methyl sites for hydroxylation is 1. The van der Waals surface area contributed by atoms with E-state index in [-0.39, 0.29) is 4.75 Å². The predicted octanol–water partition coefficient (Wildman–Crippen LogP) is 2.07. The number of nitrogens with two attached hydrogens (primary N) is 1. The molecule has 1 fully saturated rings. The van der Waals surface area contributed by atoms with Crippen LogP contribution in [0.2, 0.25) is 0 Å². The topological polar surface area (TPSA) is 38.9 Å². The van der Waals surface area contributed by atoms with Gasteiger partial charge in [0.2, 0.25) is 0 Å². The van der Waals surface area contributed by atoms with Gasteiger partial charge in [-0.25, -0.2) is 0 Å². The number of hydrogen-bond acceptors (Lipinski definition) is 3. The van der Waals surface area contributed by atoms with Crippen LogP contribution in [-0.2, 0) is 4.75 Å². The van der Waals surface area contributed by atoms with Gasteiger partial charge in [-0.2, -0.15) is 0 Å². The summed E-state index contributed by atoms with van der Waals surface area (Å²) < 4.78 is 0.103. The number of hydrogen-bond donors (Lipinski definition) is 1. The molecule has 1 saturated heterocycles. The van der Waals surface area contributed by atoms with Crippen LogP contribution >= 0.6 is 11.8 Å². The summed E-state index contributed by atoms with van der Waals surface area (Å²) >= 11 is 1.96. The van der Waals surface area contributed by atoms with Crippen molar-refractivity contribution in [1.29, 1.82) is 0 Å². The molecule has 0 spiro atoms. The molecular formula is C11H16N2S. The molecule has 1 aliphatic heterocycles. The lowest BCUT2D eigenvalue weighted by Gasteiger charge is -2.25. The summed E-state index contributed by atoms with van der Waals surface area (Å²) in [6.45, 7) is 2.81. The van der Waals surface area contributed by atoms with Gasteiger partial charge in [0.25, 0.3) is 0 Å². The third kappa shape index (κ3) is 1.66. The highest BCUT2D eigenvalue weighted by Crippen LogP contribution is 2.44. The van der Waals surface area contributed by atoms with Crippen molar-refractivity contribution in [1.82, 2.24) is 4.98 Å². The standard InChI is InChI=1S/C11H16N2S/c1-9-3-5-13-10(7-9)11(8-12)4-2-6-14-11/h3,5,7H,2,4,6,8,12H2,1H3. The second-order valence-corrected chi connectivity index (χ2v) is 5.35. The molecule has 1 aromatic rings. The van der Waals surface area contributed by atoms with Crippen LogP contribution in [0.4, 0.5) is 0 Å². The maximum Gasteiger partial charge on any atom is 0.0702 e. The van der Waals surface area contributed by atoms with E-state index in [9.17, 15) is 0 Å². The molecular weight excluding hydrogens is 192 g/mol. The maximum absolute atomic E-state index is 5.89. The Morgan fingerprint density at radius 2 is 2.50 bits per heavy atom. The first-order valence-electron chi connectivity index (χ1n) is 5.04. The summed E-state index contributed by atoms with van der Waals surface area (Å²) in [6, 6.07) is 4.21. The van der Waals surface area contributed by atoms with Gasteiger partial charge in [-0.3, -0.25) is 4.98 Å². The van der Waals surface area contributed by atoms with E-state index in [1.165, 1.54) is 29.9 Å². The minimum atomic E-state index is 0.103. The highest BCUT2D eigenvalue weighted by Gasteiger charge is 2.36. The van der Waals surface area contributed by atoms with Crippen LogP contribution in [0.15, 0.2) is 18.3 Å². The van der Waals surface area contributed by atoms with Gasteiger partial charge in [-0.05, 0) is 43.2 Å². The average Bonchev–Trinajstić information content (AvgIpc) is 2.67. The Morgan fingerprint density at radius 1 is 1.64 bits per heavy atom. The van der Waals surface area contributed by atoms with Crippen molar-refractivity contribution in [2.75, 3.05) is 12.3 Å². The lowest BCUT2D eigenvalue weighted by atomic mass is 9.97. The molecule has 3 heteroatoms. The minimum Gasteiger partial charge on any atom is -0.329 e. The SMILES string of the molecule is Cc1ccnc(C2(CN)CCCS2)c1. The second-order valence-electron chi connectivity index (χ2n) is 3.87. The molecule has 0 bridgehead atoms. The maximum atomic E-state index is 5.89. The summed E-state index contributed by atoms with van der Waals surface area (Å²) in [5, 5.41) is 0. The number of aromatic nitrogens is 1. The van der Waals surface area contributed by atoms with Crippen molar-refractivity contribution in [3.63, 3.8) is 0 Å². The van der Waals surface area contributed by atoms with Crippen molar-refractivity contribution in [2.45, 2.75) is 24.5 Å². The second kappa shape index (κ2) is 3.91. The van der Waals surface area contributed by atoms with E-state index in [0.717, 1.165) is 0 Å². The highest BCUT2D eigenvalue weighted by molar-refractivity contribution is 8.00. The van der Waals surface area contributed by atoms with E-state index >= 15 is 0 Å².